The van der Waals surface area contributed by atoms with Gasteiger partial charge in [-0.3, -0.25) is 0 Å². The molecule has 418 valence electrons. The van der Waals surface area contributed by atoms with Crippen molar-refractivity contribution in [1.82, 2.24) is 0 Å². The molecule has 0 aliphatic heterocycles. The first-order valence-corrected chi connectivity index (χ1v) is 0. The van der Waals surface area contributed by atoms with Crippen molar-refractivity contribution in [3.8, 4) is 0 Å². The largest absolute Gasteiger partial charge is 2.00 e. The predicted octanol–water partition coefficient (Wildman–Crippen LogP) is -27.1. The molecule has 0 fully saturated rings. The Hall–Kier alpha value is 10.0. The second-order valence-corrected chi connectivity index (χ2v) is 0. The van der Waals surface area contributed by atoms with Crippen LogP contribution in [0, 0.1) is 0 Å². The van der Waals surface area contributed by atoms with E-state index in [1.165, 1.54) is 0 Å². The second-order valence-electron chi connectivity index (χ2n) is 0. The van der Waals surface area contributed by atoms with Gasteiger partial charge in [-0.1, -0.05) is 0 Å². The first-order valence-electron chi connectivity index (χ1n) is 0. The van der Waals surface area contributed by atoms with Crippen molar-refractivity contribution in [1.29, 1.82) is 0 Å². The Morgan fingerprint density at radius 3 is 0.0806 bits per heavy atom. The minimum Gasteiger partial charge on any atom is -2.00 e. The van der Waals surface area contributed by atoms with Crippen LogP contribution in [-0.2, 0) is 339 Å². The molecule has 0 rings (SSSR count). The molecule has 10 radical (unpaired) electrons. The molecule has 0 saturated heterocycles. The second kappa shape index (κ2) is 3480. The van der Waals surface area contributed by atoms with Gasteiger partial charge in [-0.05, 0) is 0 Å². The Kier molecular flexibility index (Phi) is 203000. The van der Waals surface area contributed by atoms with Gasteiger partial charge in [0.15, 0.2) is 0 Å². The molecule has 0 atom stereocenters. The maximum absolute atomic E-state index is 0. The Morgan fingerprint density at radius 1 is 0.0806 bits per heavy atom. The van der Waals surface area contributed by atoms with Gasteiger partial charge in [0.2, 0.25) is 0 Å². The summed E-state index contributed by atoms with van der Waals surface area (Å²) < 4.78 is 0. The fourth-order valence-corrected chi connectivity index (χ4v) is 0. The van der Waals surface area contributed by atoms with Crippen LogP contribution in [0.25, 0.3) is 0 Å². The average molecular weight is 1410 g/mol. The molecule has 0 heterocycles. The summed E-state index contributed by atoms with van der Waals surface area (Å²) in [6.45, 7) is 0. The normalized spacial score (nSPS) is 0. The van der Waals surface area contributed by atoms with Crippen molar-refractivity contribution < 1.29 is 615 Å². The van der Waals surface area contributed by atoms with E-state index in [0.29, 0.717) is 0 Å². The van der Waals surface area contributed by atoms with E-state index >= 15 is 0 Å². The smallest absolute Gasteiger partial charge is 1.00 e. The summed E-state index contributed by atoms with van der Waals surface area (Å²) in [4.78, 5) is 0. The maximum Gasteiger partial charge on any atom is 1.00 e. The maximum atomic E-state index is 0. The van der Waals surface area contributed by atoms with Crippen molar-refractivity contribution in [2.24, 2.45) is 0 Å². The Morgan fingerprint density at radius 2 is 0.0806 bits per heavy atom. The zero-order valence-electron chi connectivity index (χ0n) is 30.2. The topological polar surface area (TPSA) is 1340 Å². The first-order chi connectivity index (χ1) is 0. The summed E-state index contributed by atoms with van der Waals surface area (Å²) in [5.41, 5.74) is 0. The van der Waals surface area contributed by atoms with E-state index < -0.39 is 0 Å². The molecule has 62 heavy (non-hydrogen) atoms. The van der Waals surface area contributed by atoms with Gasteiger partial charge in [0.25, 0.3) is 0 Å². The summed E-state index contributed by atoms with van der Waals surface area (Å²) in [5.74, 6) is 0. The van der Waals surface area contributed by atoms with E-state index in [4.69, 9.17) is 0 Å². The zero-order valence-corrected chi connectivity index (χ0v) is 56.1. The molecular weight excluding hydrogens is 1380 g/mol. The van der Waals surface area contributed by atoms with Crippen molar-refractivity contribution in [2.45, 2.75) is 0 Å². The number of rotatable bonds is 0. The summed E-state index contributed by atoms with van der Waals surface area (Å²) in [6.07, 6.45) is 0. The number of hydrogen-bond acceptors (Lipinski definition) is 14. The summed E-state index contributed by atoms with van der Waals surface area (Å²) >= 11 is 0. The quantitative estimate of drug-likeness (QED) is 0.204. The van der Waals surface area contributed by atoms with E-state index in [0.717, 1.165) is 0 Å². The minimum atomic E-state index is 0. The van der Waals surface area contributed by atoms with Crippen molar-refractivity contribution in [3.05, 3.63) is 0 Å². The molecule has 22 N–H and O–H groups in total. The summed E-state index contributed by atoms with van der Waals surface area (Å²) in [5, 5.41) is 0. The van der Waals surface area contributed by atoms with E-state index in [1.54, 1.807) is 0 Å². The van der Waals surface area contributed by atoms with Gasteiger partial charge >= 0.3 is 177 Å². The van der Waals surface area contributed by atoms with Crippen LogP contribution in [0.15, 0.2) is 0 Å². The van der Waals surface area contributed by atoms with Gasteiger partial charge in [0, 0.05) is 186 Å². The van der Waals surface area contributed by atoms with Gasteiger partial charge in [0.05, 0.1) is 0 Å². The van der Waals surface area contributed by atoms with Crippen LogP contribution in [0.1, 0.15) is 0 Å². The van der Waals surface area contributed by atoms with Gasteiger partial charge < -0.3 is 252 Å². The van der Waals surface area contributed by atoms with Gasteiger partial charge in [-0.25, -0.2) is 0 Å². The van der Waals surface area contributed by atoms with Crippen molar-refractivity contribution >= 4 is 0 Å². The monoisotopic (exact) mass is 1410 g/mol. The zero-order chi connectivity index (χ0) is 0. The van der Waals surface area contributed by atoms with Crippen LogP contribution in [0.3, 0.4) is 0 Å². The van der Waals surface area contributed by atoms with E-state index in [1.807, 2.05) is 0 Å². The van der Waals surface area contributed by atoms with Gasteiger partial charge in [0.1, 0.15) is 0 Å². The molecular formula is H22Na6O46V10-64. The Labute approximate surface area is 604 Å². The Bertz CT molecular complexity index is 66.3. The third-order valence-corrected chi connectivity index (χ3v) is 0. The molecule has 0 unspecified atom stereocenters. The molecule has 46 nitrogen and oxygen atoms in total. The molecule has 0 aliphatic rings. The first kappa shape index (κ1) is 3630. The molecule has 0 aromatic heterocycles. The third-order valence-electron chi connectivity index (χ3n) is 0. The molecule has 0 spiro atoms. The molecule has 0 aromatic rings. The molecule has 0 saturated carbocycles. The van der Waals surface area contributed by atoms with Crippen LogP contribution < -0.4 is 177 Å². The van der Waals surface area contributed by atoms with E-state index in [9.17, 15) is 0 Å². The summed E-state index contributed by atoms with van der Waals surface area (Å²) in [6, 6.07) is 0. The van der Waals surface area contributed by atoms with Crippen LogP contribution >= 0.6 is 0 Å². The minimum absolute atomic E-state index is 0. The van der Waals surface area contributed by atoms with Crippen LogP contribution in [-0.4, -0.2) is 98.6 Å². The fraction of sp³-hybridized carbons (Fsp3) is 0. The van der Waals surface area contributed by atoms with Crippen molar-refractivity contribution in [3.63, 3.8) is 0 Å². The standard InChI is InChI=1S/6Na.18H2O.28O.10V/h;;;;;;18*1H2;;;;;;;;;;;;;;;;;;;;;;;;;;;;;;;;;;;;;;/q6*+1;;;;;;;;;;;;;;;;;;;28*-2;;;;;;;;;;/p-14. The van der Waals surface area contributed by atoms with Gasteiger partial charge in [-0.2, -0.15) is 0 Å². The van der Waals surface area contributed by atoms with E-state index in [-0.39, 0.29) is 615 Å². The summed E-state index contributed by atoms with van der Waals surface area (Å²) in [7, 11) is 0. The third kappa shape index (κ3) is 3330. The Balaban J connectivity index is 0. The number of hydrogen-bond donors (Lipinski definition) is 0. The molecule has 0 aliphatic carbocycles. The predicted molar refractivity (Wildman–Crippen MR) is 60.8 cm³/mol. The van der Waals surface area contributed by atoms with Gasteiger partial charge in [-0.15, -0.1) is 0 Å². The molecule has 0 bridgehead atoms. The average Bonchev–Trinajstić information content (AvgIpc) is 0. The van der Waals surface area contributed by atoms with Crippen LogP contribution in [0.2, 0.25) is 0 Å². The SMILES string of the molecule is O.O.O.O.[Na+].[Na+].[Na+].[Na+].[Na+].[Na+].[O-2].[O-2].[O-2].[O-2].[O-2].[O-2].[O-2].[O-2].[O-2].[O-2].[O-2].[O-2].[O-2].[O-2].[O-2].[O-2].[O-2].[O-2].[O-2].[O-2].[O-2].[O-2].[O-2].[O-2].[O-2].[O-2].[O-2].[O-2].[OH-].[OH-].[OH-].[OH-].[OH-].[OH-].[OH-].[OH-].[OH-].[OH-].[OH-].[OH-].[OH-].[OH-].[V].[V].[V].[V].[V].[V].[V].[V].[V].[V]. The molecule has 0 amide bonds. The van der Waals surface area contributed by atoms with E-state index in [2.05, 4.69) is 0 Å². The molecule has 62 heteroatoms. The fourth-order valence-electron chi connectivity index (χ4n) is 0. The molecule has 0 aromatic carbocycles. The van der Waals surface area contributed by atoms with Crippen molar-refractivity contribution in [2.75, 3.05) is 0 Å². The van der Waals surface area contributed by atoms with Crippen LogP contribution in [0.4, 0.5) is 0 Å². The van der Waals surface area contributed by atoms with Crippen LogP contribution in [0.5, 0.6) is 0 Å².